The number of hydrogen-bond acceptors (Lipinski definition) is 8. The van der Waals surface area contributed by atoms with Crippen LogP contribution in [0.15, 0.2) is 111 Å². The molecule has 3 aromatic carbocycles. The summed E-state index contributed by atoms with van der Waals surface area (Å²) in [5, 5.41) is 9.35. The highest BCUT2D eigenvalue weighted by molar-refractivity contribution is 7.07. The van der Waals surface area contributed by atoms with Crippen LogP contribution in [0.2, 0.25) is 0 Å². The van der Waals surface area contributed by atoms with Crippen LogP contribution < -0.4 is 19.6 Å². The first-order chi connectivity index (χ1) is 21.4. The third-order valence-corrected chi connectivity index (χ3v) is 8.06. The highest BCUT2D eigenvalue weighted by Crippen LogP contribution is 2.36. The lowest BCUT2D eigenvalue weighted by atomic mass is 9.93. The van der Waals surface area contributed by atoms with Gasteiger partial charge < -0.3 is 19.0 Å². The van der Waals surface area contributed by atoms with Crippen LogP contribution in [0.5, 0.6) is 5.75 Å². The summed E-state index contributed by atoms with van der Waals surface area (Å²) in [6.45, 7) is 1.88. The van der Waals surface area contributed by atoms with E-state index in [1.165, 1.54) is 28.0 Å². The standard InChI is InChI=1S/C34H26N2O7S/c1-3-42-33(40)28-29(20-9-5-4-6-10-20)35-34-36(30(28)22-12-8-14-24(18-22)41-2)31(37)27(44-34)19-25-15-16-26(43-25)21-11-7-13-23(17-21)32(38)39/h4-19,30H,3H2,1-2H3,(H,38,39)/b27-19-/t30-/m1/s1. The van der Waals surface area contributed by atoms with E-state index in [1.807, 2.05) is 36.4 Å². The minimum absolute atomic E-state index is 0.137. The second-order valence-corrected chi connectivity index (χ2v) is 10.8. The zero-order valence-electron chi connectivity index (χ0n) is 23.7. The van der Waals surface area contributed by atoms with Gasteiger partial charge >= 0.3 is 11.9 Å². The molecule has 0 saturated carbocycles. The molecule has 0 unspecified atom stereocenters. The Morgan fingerprint density at radius 2 is 1.77 bits per heavy atom. The molecule has 10 heteroatoms. The van der Waals surface area contributed by atoms with E-state index in [1.54, 1.807) is 62.6 Å². The number of fused-ring (bicyclic) bond motifs is 1. The Kier molecular flexibility index (Phi) is 7.82. The molecule has 6 rings (SSSR count). The van der Waals surface area contributed by atoms with Crippen molar-refractivity contribution in [3.8, 4) is 17.1 Å². The van der Waals surface area contributed by atoms with Crippen LogP contribution in [0.1, 0.15) is 40.2 Å². The van der Waals surface area contributed by atoms with Crippen molar-refractivity contribution in [2.45, 2.75) is 13.0 Å². The van der Waals surface area contributed by atoms with Gasteiger partial charge in [0.05, 0.1) is 41.1 Å². The van der Waals surface area contributed by atoms with E-state index < -0.39 is 18.0 Å². The second-order valence-electron chi connectivity index (χ2n) is 9.80. The summed E-state index contributed by atoms with van der Waals surface area (Å²) in [5.74, 6) is -0.186. The number of nitrogens with zero attached hydrogens (tertiary/aromatic N) is 2. The van der Waals surface area contributed by atoms with Gasteiger partial charge in [0, 0.05) is 17.2 Å². The number of carbonyl (C=O) groups excluding carboxylic acids is 1. The van der Waals surface area contributed by atoms with Gasteiger partial charge in [0.2, 0.25) is 0 Å². The number of furan rings is 1. The third-order valence-electron chi connectivity index (χ3n) is 7.08. The molecule has 220 valence electrons. The molecule has 1 aliphatic heterocycles. The lowest BCUT2D eigenvalue weighted by Crippen LogP contribution is -2.40. The number of carboxylic acid groups (broad SMARTS) is 1. The van der Waals surface area contributed by atoms with Crippen LogP contribution in [-0.4, -0.2) is 35.3 Å². The predicted octanol–water partition coefficient (Wildman–Crippen LogP) is 4.90. The number of benzene rings is 3. The third kappa shape index (κ3) is 5.38. The Balaban J connectivity index is 1.55. The highest BCUT2D eigenvalue weighted by atomic mass is 32.1. The summed E-state index contributed by atoms with van der Waals surface area (Å²) < 4.78 is 18.8. The maximum atomic E-state index is 14.1. The summed E-state index contributed by atoms with van der Waals surface area (Å²) in [4.78, 5) is 44.4. The Bertz CT molecular complexity index is 2100. The molecule has 0 bridgehead atoms. The number of aromatic carboxylic acids is 1. The monoisotopic (exact) mass is 606 g/mol. The summed E-state index contributed by atoms with van der Waals surface area (Å²) in [6.07, 6.45) is 1.62. The molecule has 0 radical (unpaired) electrons. The van der Waals surface area contributed by atoms with Crippen molar-refractivity contribution in [2.24, 2.45) is 4.99 Å². The number of ether oxygens (including phenoxy) is 2. The fourth-order valence-electron chi connectivity index (χ4n) is 5.09. The quantitative estimate of drug-likeness (QED) is 0.250. The Morgan fingerprint density at radius 1 is 1.00 bits per heavy atom. The van der Waals surface area contributed by atoms with Crippen LogP contribution in [0.4, 0.5) is 0 Å². The smallest absolute Gasteiger partial charge is 0.338 e. The van der Waals surface area contributed by atoms with Gasteiger partial charge in [0.15, 0.2) is 4.80 Å². The van der Waals surface area contributed by atoms with E-state index >= 15 is 0 Å². The molecule has 44 heavy (non-hydrogen) atoms. The minimum Gasteiger partial charge on any atom is -0.497 e. The first-order valence-electron chi connectivity index (χ1n) is 13.7. The normalized spacial score (nSPS) is 14.6. The summed E-state index contributed by atoms with van der Waals surface area (Å²) in [6, 6.07) is 25.5. The van der Waals surface area contributed by atoms with Gasteiger partial charge in [-0.2, -0.15) is 0 Å². The van der Waals surface area contributed by atoms with E-state index in [0.717, 1.165) is 0 Å². The second kappa shape index (κ2) is 12.0. The number of carboxylic acids is 1. The molecule has 1 aliphatic rings. The maximum absolute atomic E-state index is 14.1. The topological polar surface area (TPSA) is 120 Å². The molecule has 0 fully saturated rings. The van der Waals surface area contributed by atoms with Gasteiger partial charge in [-0.25, -0.2) is 14.6 Å². The molecule has 1 N–H and O–H groups in total. The average molecular weight is 607 g/mol. The molecule has 1 atom stereocenters. The zero-order chi connectivity index (χ0) is 30.8. The largest absolute Gasteiger partial charge is 0.497 e. The van der Waals surface area contributed by atoms with Gasteiger partial charge in [-0.1, -0.05) is 65.9 Å². The van der Waals surface area contributed by atoms with E-state index in [0.29, 0.717) is 49.0 Å². The summed E-state index contributed by atoms with van der Waals surface area (Å²) >= 11 is 1.18. The van der Waals surface area contributed by atoms with Gasteiger partial charge in [-0.3, -0.25) is 9.36 Å². The number of thiazole rings is 1. The molecular weight excluding hydrogens is 580 g/mol. The molecule has 9 nitrogen and oxygen atoms in total. The SMILES string of the molecule is CCOC(=O)C1=C(c2ccccc2)N=c2s/c(=C\c3ccc(-c4cccc(C(=O)O)c4)o3)c(=O)n2[C@@H]1c1cccc(OC)c1. The van der Waals surface area contributed by atoms with Crippen LogP contribution in [0.25, 0.3) is 23.1 Å². The number of rotatable bonds is 8. The fourth-order valence-corrected chi connectivity index (χ4v) is 6.07. The van der Waals surface area contributed by atoms with E-state index in [-0.39, 0.29) is 23.3 Å². The Morgan fingerprint density at radius 3 is 2.52 bits per heavy atom. The molecule has 0 saturated heterocycles. The van der Waals surface area contributed by atoms with Crippen molar-refractivity contribution in [1.29, 1.82) is 0 Å². The fraction of sp³-hybridized carbons (Fsp3) is 0.118. The number of hydrogen-bond donors (Lipinski definition) is 1. The Hall–Kier alpha value is -5.48. The van der Waals surface area contributed by atoms with Crippen molar-refractivity contribution < 1.29 is 28.6 Å². The maximum Gasteiger partial charge on any atom is 0.338 e. The zero-order valence-corrected chi connectivity index (χ0v) is 24.5. The van der Waals surface area contributed by atoms with Crippen molar-refractivity contribution in [2.75, 3.05) is 13.7 Å². The van der Waals surface area contributed by atoms with Crippen LogP contribution >= 0.6 is 11.3 Å². The number of aromatic nitrogens is 1. The van der Waals surface area contributed by atoms with Gasteiger partial charge in [0.1, 0.15) is 17.3 Å². The van der Waals surface area contributed by atoms with E-state index in [9.17, 15) is 19.5 Å². The molecule has 0 spiro atoms. The van der Waals surface area contributed by atoms with E-state index in [4.69, 9.17) is 18.9 Å². The van der Waals surface area contributed by atoms with Gasteiger partial charge in [-0.05, 0) is 48.9 Å². The predicted molar refractivity (Wildman–Crippen MR) is 165 cm³/mol. The summed E-state index contributed by atoms with van der Waals surface area (Å²) in [5.41, 5.74) is 2.39. The highest BCUT2D eigenvalue weighted by Gasteiger charge is 2.35. The van der Waals surface area contributed by atoms with E-state index in [2.05, 4.69) is 0 Å². The van der Waals surface area contributed by atoms with Crippen LogP contribution in [0, 0.1) is 0 Å². The first-order valence-corrected chi connectivity index (χ1v) is 14.6. The lowest BCUT2D eigenvalue weighted by Gasteiger charge is -2.26. The van der Waals surface area contributed by atoms with Crippen molar-refractivity contribution >= 4 is 35.0 Å². The number of carbonyl (C=O) groups is 2. The molecule has 0 aliphatic carbocycles. The van der Waals surface area contributed by atoms with Gasteiger partial charge in [0.25, 0.3) is 5.56 Å². The molecule has 5 aromatic rings. The molecule has 3 heterocycles. The molecular formula is C34H26N2O7S. The first kappa shape index (κ1) is 28.6. The minimum atomic E-state index is -1.04. The molecule has 0 amide bonds. The van der Waals surface area contributed by atoms with Crippen molar-refractivity contribution in [1.82, 2.24) is 4.57 Å². The Labute approximate surface area is 255 Å². The van der Waals surface area contributed by atoms with Crippen LogP contribution in [-0.2, 0) is 9.53 Å². The van der Waals surface area contributed by atoms with Crippen molar-refractivity contribution in [3.63, 3.8) is 0 Å². The number of methoxy groups -OCH3 is 1. The van der Waals surface area contributed by atoms with Crippen molar-refractivity contribution in [3.05, 3.63) is 139 Å². The number of esters is 1. The summed E-state index contributed by atoms with van der Waals surface area (Å²) in [7, 11) is 1.55. The average Bonchev–Trinajstić information content (AvgIpc) is 3.64. The van der Waals surface area contributed by atoms with Crippen LogP contribution in [0.3, 0.4) is 0 Å². The molecule has 2 aromatic heterocycles. The lowest BCUT2D eigenvalue weighted by molar-refractivity contribution is -0.138. The van der Waals surface area contributed by atoms with Gasteiger partial charge in [-0.15, -0.1) is 0 Å².